The molecule has 0 bridgehead atoms. The van der Waals surface area contributed by atoms with Crippen LogP contribution in [0.3, 0.4) is 0 Å². The van der Waals surface area contributed by atoms with Gasteiger partial charge in [0, 0.05) is 10.2 Å². The molecule has 3 N–H and O–H groups in total. The Hall–Kier alpha value is -2.59. The lowest BCUT2D eigenvalue weighted by Crippen LogP contribution is -2.40. The molecule has 0 unspecified atom stereocenters. The Labute approximate surface area is 164 Å². The molecule has 0 spiro atoms. The minimum Gasteiger partial charge on any atom is -0.495 e. The van der Waals surface area contributed by atoms with Crippen molar-refractivity contribution in [3.63, 3.8) is 0 Å². The normalized spacial score (nSPS) is 19.4. The Morgan fingerprint density at radius 3 is 2.33 bits per heavy atom. The fourth-order valence-electron chi connectivity index (χ4n) is 2.69. The number of nitrogens with one attached hydrogen (secondary N) is 3. The van der Waals surface area contributed by atoms with E-state index in [2.05, 4.69) is 31.3 Å². The second-order valence-electron chi connectivity index (χ2n) is 6.01. The van der Waals surface area contributed by atoms with Gasteiger partial charge in [-0.2, -0.15) is 0 Å². The number of rotatable bonds is 5. The Morgan fingerprint density at radius 1 is 1.11 bits per heavy atom. The molecule has 0 saturated carbocycles. The lowest BCUT2D eigenvalue weighted by atomic mass is 9.92. The number of sulfonamides is 1. The molecule has 0 aromatic heterocycles. The van der Waals surface area contributed by atoms with Crippen molar-refractivity contribution in [1.82, 2.24) is 10.6 Å². The third kappa shape index (κ3) is 3.62. The van der Waals surface area contributed by atoms with Crippen molar-refractivity contribution in [3.8, 4) is 5.75 Å². The van der Waals surface area contributed by atoms with Crippen LogP contribution in [-0.4, -0.2) is 27.5 Å². The number of carbonyl (C=O) groups excluding carboxylic acids is 2. The van der Waals surface area contributed by atoms with Gasteiger partial charge in [-0.3, -0.25) is 14.8 Å². The van der Waals surface area contributed by atoms with Crippen molar-refractivity contribution in [2.45, 2.75) is 17.4 Å². The molecule has 1 aliphatic heterocycles. The van der Waals surface area contributed by atoms with Gasteiger partial charge in [0.2, 0.25) is 0 Å². The minimum atomic E-state index is -3.90. The van der Waals surface area contributed by atoms with E-state index in [1.807, 2.05) is 0 Å². The van der Waals surface area contributed by atoms with Crippen LogP contribution in [-0.2, 0) is 20.4 Å². The van der Waals surface area contributed by atoms with Gasteiger partial charge in [0.05, 0.1) is 7.11 Å². The van der Waals surface area contributed by atoms with Gasteiger partial charge in [-0.05, 0) is 42.8 Å². The Bertz CT molecular complexity index is 1020. The average Bonchev–Trinajstić information content (AvgIpc) is 2.88. The molecule has 1 heterocycles. The zero-order valence-corrected chi connectivity index (χ0v) is 16.8. The fraction of sp³-hybridized carbons (Fsp3) is 0.176. The highest BCUT2D eigenvalue weighted by atomic mass is 79.9. The van der Waals surface area contributed by atoms with Crippen LogP contribution >= 0.6 is 15.9 Å². The summed E-state index contributed by atoms with van der Waals surface area (Å²) in [6, 6.07) is 10.3. The highest BCUT2D eigenvalue weighted by Gasteiger charge is 2.43. The number of anilines is 1. The summed E-state index contributed by atoms with van der Waals surface area (Å²) >= 11 is 3.25. The lowest BCUT2D eigenvalue weighted by molar-refractivity contribution is -0.123. The molecule has 142 valence electrons. The van der Waals surface area contributed by atoms with Crippen LogP contribution in [0, 0.1) is 0 Å². The van der Waals surface area contributed by atoms with Gasteiger partial charge in [0.1, 0.15) is 16.2 Å². The molecule has 3 rings (SSSR count). The quantitative estimate of drug-likeness (QED) is 0.601. The largest absolute Gasteiger partial charge is 0.495 e. The summed E-state index contributed by atoms with van der Waals surface area (Å²) in [6.45, 7) is 1.57. The maximum absolute atomic E-state index is 12.7. The van der Waals surface area contributed by atoms with Crippen LogP contribution in [0.4, 0.5) is 10.5 Å². The summed E-state index contributed by atoms with van der Waals surface area (Å²) in [7, 11) is -2.51. The van der Waals surface area contributed by atoms with E-state index in [-0.39, 0.29) is 10.6 Å². The summed E-state index contributed by atoms with van der Waals surface area (Å²) in [5.74, 6) is -0.264. The van der Waals surface area contributed by atoms with Gasteiger partial charge in [0.15, 0.2) is 0 Å². The van der Waals surface area contributed by atoms with Crippen molar-refractivity contribution in [2.24, 2.45) is 0 Å². The van der Waals surface area contributed by atoms with Crippen LogP contribution in [0.5, 0.6) is 5.75 Å². The highest BCUT2D eigenvalue weighted by molar-refractivity contribution is 9.10. The molecule has 1 saturated heterocycles. The van der Waals surface area contributed by atoms with Gasteiger partial charge in [-0.15, -0.1) is 0 Å². The zero-order chi connectivity index (χ0) is 19.8. The predicted molar refractivity (Wildman–Crippen MR) is 102 cm³/mol. The number of amides is 3. The van der Waals surface area contributed by atoms with Crippen molar-refractivity contribution in [2.75, 3.05) is 11.8 Å². The fourth-order valence-corrected chi connectivity index (χ4v) is 4.46. The van der Waals surface area contributed by atoms with Crippen LogP contribution in [0.25, 0.3) is 0 Å². The van der Waals surface area contributed by atoms with E-state index in [1.54, 1.807) is 31.2 Å². The first kappa shape index (κ1) is 19.2. The molecule has 0 aliphatic carbocycles. The van der Waals surface area contributed by atoms with Gasteiger partial charge in [-0.25, -0.2) is 13.2 Å². The highest BCUT2D eigenvalue weighted by Crippen LogP contribution is 2.30. The van der Waals surface area contributed by atoms with Crippen molar-refractivity contribution >= 4 is 43.6 Å². The van der Waals surface area contributed by atoms with E-state index in [1.165, 1.54) is 25.3 Å². The van der Waals surface area contributed by atoms with Gasteiger partial charge in [-0.1, -0.05) is 28.1 Å². The first-order valence-electron chi connectivity index (χ1n) is 7.76. The smallest absolute Gasteiger partial charge is 0.322 e. The Kier molecular flexibility index (Phi) is 4.87. The number of carbonyl (C=O) groups is 2. The summed E-state index contributed by atoms with van der Waals surface area (Å²) in [5.41, 5.74) is -0.384. The number of urea groups is 1. The molecule has 3 amide bonds. The molecule has 0 radical (unpaired) electrons. The van der Waals surface area contributed by atoms with Crippen LogP contribution in [0.2, 0.25) is 0 Å². The minimum absolute atomic E-state index is 0.0159. The van der Waals surface area contributed by atoms with E-state index in [0.717, 1.165) is 0 Å². The van der Waals surface area contributed by atoms with Gasteiger partial charge >= 0.3 is 6.03 Å². The van der Waals surface area contributed by atoms with E-state index >= 15 is 0 Å². The third-order valence-corrected chi connectivity index (χ3v) is 6.07. The average molecular weight is 454 g/mol. The number of ether oxygens (including phenoxy) is 1. The summed E-state index contributed by atoms with van der Waals surface area (Å²) < 4.78 is 33.6. The molecule has 1 aliphatic rings. The second-order valence-corrected chi connectivity index (χ2v) is 8.58. The second kappa shape index (κ2) is 6.86. The topological polar surface area (TPSA) is 114 Å². The predicted octanol–water partition coefficient (Wildman–Crippen LogP) is 2.31. The van der Waals surface area contributed by atoms with E-state index in [0.29, 0.717) is 15.7 Å². The maximum atomic E-state index is 12.7. The number of imide groups is 1. The number of methoxy groups -OCH3 is 1. The molecule has 1 atom stereocenters. The standard InChI is InChI=1S/C17H16BrN3O5S/c1-17(15(22)19-16(23)20-17)10-3-6-12(7-4-10)21-27(24,25)14-9-11(18)5-8-13(14)26-2/h3-9,21H,1-2H3,(H2,19,20,22,23)/t17-/m0/s1. The molecule has 2 aromatic carbocycles. The maximum Gasteiger partial charge on any atom is 0.322 e. The third-order valence-electron chi connectivity index (χ3n) is 4.17. The monoisotopic (exact) mass is 453 g/mol. The van der Waals surface area contributed by atoms with Crippen molar-refractivity contribution < 1.29 is 22.7 Å². The van der Waals surface area contributed by atoms with Crippen molar-refractivity contribution in [1.29, 1.82) is 0 Å². The molecule has 27 heavy (non-hydrogen) atoms. The SMILES string of the molecule is COc1ccc(Br)cc1S(=O)(=O)Nc1ccc([C@]2(C)NC(=O)NC2=O)cc1. The van der Waals surface area contributed by atoms with Crippen LogP contribution in [0.15, 0.2) is 51.8 Å². The number of hydrogen-bond donors (Lipinski definition) is 3. The van der Waals surface area contributed by atoms with Crippen LogP contribution in [0.1, 0.15) is 12.5 Å². The first-order chi connectivity index (χ1) is 12.7. The van der Waals surface area contributed by atoms with Crippen molar-refractivity contribution in [3.05, 3.63) is 52.5 Å². The number of halogens is 1. The zero-order valence-electron chi connectivity index (χ0n) is 14.4. The summed E-state index contributed by atoms with van der Waals surface area (Å²) in [4.78, 5) is 23.4. The summed E-state index contributed by atoms with van der Waals surface area (Å²) in [5, 5.41) is 4.73. The van der Waals surface area contributed by atoms with E-state index < -0.39 is 27.5 Å². The molecular weight excluding hydrogens is 438 g/mol. The van der Waals surface area contributed by atoms with E-state index in [9.17, 15) is 18.0 Å². The first-order valence-corrected chi connectivity index (χ1v) is 10.0. The number of benzene rings is 2. The van der Waals surface area contributed by atoms with Gasteiger partial charge in [0.25, 0.3) is 15.9 Å². The molecule has 1 fully saturated rings. The number of hydrogen-bond acceptors (Lipinski definition) is 5. The van der Waals surface area contributed by atoms with E-state index in [4.69, 9.17) is 4.74 Å². The molecule has 10 heteroatoms. The Balaban J connectivity index is 1.88. The summed E-state index contributed by atoms with van der Waals surface area (Å²) in [6.07, 6.45) is 0. The van der Waals surface area contributed by atoms with Gasteiger partial charge < -0.3 is 10.1 Å². The molecule has 2 aromatic rings. The Morgan fingerprint density at radius 2 is 1.78 bits per heavy atom. The lowest BCUT2D eigenvalue weighted by Gasteiger charge is -2.21. The molecular formula is C17H16BrN3O5S. The van der Waals surface area contributed by atoms with Crippen LogP contribution < -0.4 is 20.1 Å². The molecule has 8 nitrogen and oxygen atoms in total.